The van der Waals surface area contributed by atoms with Gasteiger partial charge in [0, 0.05) is 24.5 Å². The predicted octanol–water partition coefficient (Wildman–Crippen LogP) is 3.61. The molecule has 5 nitrogen and oxygen atoms in total. The molecular weight excluding hydrogens is 366 g/mol. The van der Waals surface area contributed by atoms with Gasteiger partial charge in [-0.15, -0.1) is 17.9 Å². The third-order valence-electron chi connectivity index (χ3n) is 4.90. The number of thiophene rings is 1. The SMILES string of the molecule is C=CCn1c(SCC(=O)N2CCC[C@@H](C)C2)nc2sc(C)c(C)c2c1=O. The molecule has 0 radical (unpaired) electrons. The number of fused-ring (bicyclic) bond motifs is 1. The predicted molar refractivity (Wildman–Crippen MR) is 109 cm³/mol. The van der Waals surface area contributed by atoms with Crippen LogP contribution in [0.5, 0.6) is 0 Å². The lowest BCUT2D eigenvalue weighted by atomic mass is 10.0. The van der Waals surface area contributed by atoms with Gasteiger partial charge in [-0.3, -0.25) is 14.2 Å². The molecule has 1 amide bonds. The summed E-state index contributed by atoms with van der Waals surface area (Å²) in [5, 5.41) is 1.29. The number of aromatic nitrogens is 2. The number of carbonyl (C=O) groups excluding carboxylic acids is 1. The minimum absolute atomic E-state index is 0.0432. The molecule has 3 rings (SSSR count). The van der Waals surface area contributed by atoms with E-state index in [9.17, 15) is 9.59 Å². The summed E-state index contributed by atoms with van der Waals surface area (Å²) in [6.07, 6.45) is 3.95. The minimum Gasteiger partial charge on any atom is -0.342 e. The van der Waals surface area contributed by atoms with E-state index < -0.39 is 0 Å². The second-order valence-electron chi connectivity index (χ2n) is 6.94. The molecule has 0 saturated carbocycles. The monoisotopic (exact) mass is 391 g/mol. The number of aryl methyl sites for hydroxylation is 2. The highest BCUT2D eigenvalue weighted by Gasteiger charge is 2.22. The van der Waals surface area contributed by atoms with Crippen LogP contribution in [0.2, 0.25) is 0 Å². The van der Waals surface area contributed by atoms with Gasteiger partial charge in [0.15, 0.2) is 5.16 Å². The fourth-order valence-corrected chi connectivity index (χ4v) is 5.32. The number of likely N-dealkylation sites (tertiary alicyclic amines) is 1. The first kappa shape index (κ1) is 19.2. The van der Waals surface area contributed by atoms with Gasteiger partial charge in [0.1, 0.15) is 4.83 Å². The number of allylic oxidation sites excluding steroid dienone is 1. The zero-order chi connectivity index (χ0) is 18.8. The summed E-state index contributed by atoms with van der Waals surface area (Å²) in [6.45, 7) is 12.0. The maximum Gasteiger partial charge on any atom is 0.263 e. The van der Waals surface area contributed by atoms with Crippen molar-refractivity contribution < 1.29 is 4.79 Å². The largest absolute Gasteiger partial charge is 0.342 e. The summed E-state index contributed by atoms with van der Waals surface area (Å²) in [5.41, 5.74) is 0.952. The summed E-state index contributed by atoms with van der Waals surface area (Å²) in [7, 11) is 0. The number of hydrogen-bond donors (Lipinski definition) is 0. The van der Waals surface area contributed by atoms with Crippen LogP contribution in [0.4, 0.5) is 0 Å². The number of amides is 1. The van der Waals surface area contributed by atoms with Crippen molar-refractivity contribution in [2.75, 3.05) is 18.8 Å². The Bertz CT molecular complexity index is 900. The van der Waals surface area contributed by atoms with E-state index in [-0.39, 0.29) is 11.5 Å². The molecule has 2 aromatic heterocycles. The van der Waals surface area contributed by atoms with Crippen LogP contribution in [-0.2, 0) is 11.3 Å². The molecule has 0 spiro atoms. The summed E-state index contributed by atoms with van der Waals surface area (Å²) in [4.78, 5) is 34.0. The van der Waals surface area contributed by atoms with Gasteiger partial charge in [-0.05, 0) is 38.2 Å². The van der Waals surface area contributed by atoms with E-state index in [1.807, 2.05) is 18.7 Å². The Labute approximate surface area is 162 Å². The molecule has 0 bridgehead atoms. The third kappa shape index (κ3) is 3.74. The molecular formula is C19H25N3O2S2. The van der Waals surface area contributed by atoms with Crippen molar-refractivity contribution in [2.24, 2.45) is 5.92 Å². The van der Waals surface area contributed by atoms with Crippen LogP contribution in [0.25, 0.3) is 10.2 Å². The smallest absolute Gasteiger partial charge is 0.263 e. The van der Waals surface area contributed by atoms with E-state index in [4.69, 9.17) is 4.98 Å². The van der Waals surface area contributed by atoms with Crippen molar-refractivity contribution in [1.29, 1.82) is 0 Å². The molecule has 140 valence electrons. The number of hydrogen-bond acceptors (Lipinski definition) is 5. The quantitative estimate of drug-likeness (QED) is 0.444. The molecule has 3 heterocycles. The van der Waals surface area contributed by atoms with Crippen molar-refractivity contribution in [3.8, 4) is 0 Å². The molecule has 0 unspecified atom stereocenters. The average Bonchev–Trinajstić information content (AvgIpc) is 2.90. The Balaban J connectivity index is 1.86. The van der Waals surface area contributed by atoms with Gasteiger partial charge in [-0.1, -0.05) is 24.8 Å². The molecule has 1 atom stereocenters. The molecule has 2 aromatic rings. The third-order valence-corrected chi connectivity index (χ3v) is 6.96. The summed E-state index contributed by atoms with van der Waals surface area (Å²) >= 11 is 2.89. The standard InChI is InChI=1S/C19H25N3O2S2/c1-5-8-22-18(24)16-13(3)14(4)26-17(16)20-19(22)25-11-15(23)21-9-6-7-12(2)10-21/h5,12H,1,6-11H2,2-4H3/t12-/m1/s1. The van der Waals surface area contributed by atoms with Gasteiger partial charge >= 0.3 is 0 Å². The molecule has 1 fully saturated rings. The first-order valence-electron chi connectivity index (χ1n) is 8.94. The van der Waals surface area contributed by atoms with E-state index in [2.05, 4.69) is 13.5 Å². The molecule has 26 heavy (non-hydrogen) atoms. The first-order chi connectivity index (χ1) is 12.4. The van der Waals surface area contributed by atoms with Crippen LogP contribution in [0, 0.1) is 19.8 Å². The van der Waals surface area contributed by atoms with Crippen molar-refractivity contribution in [3.63, 3.8) is 0 Å². The van der Waals surface area contributed by atoms with Crippen molar-refractivity contribution in [3.05, 3.63) is 33.4 Å². The molecule has 0 aromatic carbocycles. The van der Waals surface area contributed by atoms with Crippen molar-refractivity contribution in [1.82, 2.24) is 14.5 Å². The number of thioether (sulfide) groups is 1. The highest BCUT2D eigenvalue weighted by molar-refractivity contribution is 7.99. The van der Waals surface area contributed by atoms with Crippen molar-refractivity contribution >= 4 is 39.2 Å². The fourth-order valence-electron chi connectivity index (χ4n) is 3.34. The topological polar surface area (TPSA) is 55.2 Å². The minimum atomic E-state index is -0.0432. The van der Waals surface area contributed by atoms with Crippen LogP contribution < -0.4 is 5.56 Å². The summed E-state index contributed by atoms with van der Waals surface area (Å²) < 4.78 is 1.63. The Kier molecular flexibility index (Phi) is 5.87. The van der Waals surface area contributed by atoms with Crippen LogP contribution in [-0.4, -0.2) is 39.2 Å². The molecule has 1 aliphatic heterocycles. The lowest BCUT2D eigenvalue weighted by Gasteiger charge is -2.30. The fraction of sp³-hybridized carbons (Fsp3) is 0.526. The van der Waals surface area contributed by atoms with Crippen LogP contribution in [0.3, 0.4) is 0 Å². The van der Waals surface area contributed by atoms with Crippen molar-refractivity contribution in [2.45, 2.75) is 45.3 Å². The van der Waals surface area contributed by atoms with Gasteiger partial charge in [-0.25, -0.2) is 4.98 Å². The van der Waals surface area contributed by atoms with E-state index in [0.29, 0.717) is 28.8 Å². The molecule has 0 aliphatic carbocycles. The maximum atomic E-state index is 12.9. The average molecular weight is 392 g/mol. The molecule has 0 N–H and O–H groups in total. The number of nitrogens with zero attached hydrogens (tertiary/aromatic N) is 3. The molecule has 7 heteroatoms. The maximum absolute atomic E-state index is 12.9. The Morgan fingerprint density at radius 1 is 1.46 bits per heavy atom. The highest BCUT2D eigenvalue weighted by Crippen LogP contribution is 2.28. The van der Waals surface area contributed by atoms with Gasteiger partial charge in [0.05, 0.1) is 11.1 Å². The summed E-state index contributed by atoms with van der Waals surface area (Å²) in [5.74, 6) is 0.994. The van der Waals surface area contributed by atoms with Gasteiger partial charge < -0.3 is 4.90 Å². The Hall–Kier alpha value is -1.60. The Morgan fingerprint density at radius 2 is 2.23 bits per heavy atom. The number of piperidine rings is 1. The first-order valence-corrected chi connectivity index (χ1v) is 10.7. The van der Waals surface area contributed by atoms with Gasteiger partial charge in [0.25, 0.3) is 5.56 Å². The van der Waals surface area contributed by atoms with Crippen LogP contribution in [0.1, 0.15) is 30.2 Å². The number of carbonyl (C=O) groups is 1. The van der Waals surface area contributed by atoms with E-state index in [0.717, 1.165) is 34.8 Å². The lowest BCUT2D eigenvalue weighted by Crippen LogP contribution is -2.40. The Morgan fingerprint density at radius 3 is 2.92 bits per heavy atom. The van der Waals surface area contributed by atoms with Crippen LogP contribution >= 0.6 is 23.1 Å². The second-order valence-corrected chi connectivity index (χ2v) is 9.08. The van der Waals surface area contributed by atoms with E-state index in [1.165, 1.54) is 29.5 Å². The number of rotatable bonds is 5. The zero-order valence-electron chi connectivity index (χ0n) is 15.6. The molecule has 1 aliphatic rings. The summed E-state index contributed by atoms with van der Waals surface area (Å²) in [6, 6.07) is 0. The lowest BCUT2D eigenvalue weighted by molar-refractivity contribution is -0.130. The second kappa shape index (κ2) is 7.96. The van der Waals surface area contributed by atoms with E-state index >= 15 is 0 Å². The van der Waals surface area contributed by atoms with Gasteiger partial charge in [0.2, 0.25) is 5.91 Å². The zero-order valence-corrected chi connectivity index (χ0v) is 17.2. The molecule has 1 saturated heterocycles. The highest BCUT2D eigenvalue weighted by atomic mass is 32.2. The van der Waals surface area contributed by atoms with E-state index in [1.54, 1.807) is 10.6 Å². The van der Waals surface area contributed by atoms with Gasteiger partial charge in [-0.2, -0.15) is 0 Å². The van der Waals surface area contributed by atoms with Crippen LogP contribution in [0.15, 0.2) is 22.6 Å². The normalized spacial score (nSPS) is 17.7.